The van der Waals surface area contributed by atoms with Crippen LogP contribution in [0.1, 0.15) is 22.8 Å². The van der Waals surface area contributed by atoms with Gasteiger partial charge >= 0.3 is 0 Å². The molecule has 2 N–H and O–H groups in total. The Balaban J connectivity index is 2.03. The van der Waals surface area contributed by atoms with E-state index in [4.69, 9.17) is 5.53 Å². The van der Waals surface area contributed by atoms with Crippen molar-refractivity contribution in [2.24, 2.45) is 5.11 Å². The maximum Gasteiger partial charge on any atom is 0.105 e. The Kier molecular flexibility index (Phi) is 5.35. The van der Waals surface area contributed by atoms with Gasteiger partial charge in [-0.05, 0) is 28.6 Å². The van der Waals surface area contributed by atoms with Crippen LogP contribution in [0.5, 0.6) is 0 Å². The van der Waals surface area contributed by atoms with Crippen molar-refractivity contribution in [3.63, 3.8) is 0 Å². The molecule has 0 heterocycles. The van der Waals surface area contributed by atoms with Gasteiger partial charge in [-0.2, -0.15) is 0 Å². The Morgan fingerprint density at radius 2 is 1.57 bits per heavy atom. The van der Waals surface area contributed by atoms with E-state index in [1.54, 1.807) is 12.1 Å². The Bertz CT molecular complexity index is 607. The molecule has 0 saturated carbocycles. The van der Waals surface area contributed by atoms with Crippen LogP contribution in [0, 0.1) is 0 Å². The summed E-state index contributed by atoms with van der Waals surface area (Å²) < 4.78 is 0. The van der Waals surface area contributed by atoms with Crippen LogP contribution in [0.4, 0.5) is 0 Å². The summed E-state index contributed by atoms with van der Waals surface area (Å²) in [5.41, 5.74) is 11.2. The van der Waals surface area contributed by atoms with E-state index in [0.717, 1.165) is 12.0 Å². The number of hydrogen-bond donors (Lipinski definition) is 2. The van der Waals surface area contributed by atoms with Gasteiger partial charge in [-0.25, -0.2) is 0 Å². The second-order valence-corrected chi connectivity index (χ2v) is 4.83. The first-order valence-corrected chi connectivity index (χ1v) is 6.70. The van der Waals surface area contributed by atoms with Crippen LogP contribution in [-0.2, 0) is 6.42 Å². The van der Waals surface area contributed by atoms with Gasteiger partial charge in [0.15, 0.2) is 0 Å². The van der Waals surface area contributed by atoms with Gasteiger partial charge in [0.25, 0.3) is 0 Å². The number of rotatable bonds is 6. The van der Waals surface area contributed by atoms with Gasteiger partial charge in [-0.3, -0.25) is 0 Å². The van der Waals surface area contributed by atoms with Crippen LogP contribution in [-0.4, -0.2) is 22.9 Å². The van der Waals surface area contributed by atoms with Crippen molar-refractivity contribution in [1.82, 2.24) is 0 Å². The summed E-state index contributed by atoms with van der Waals surface area (Å²) >= 11 is 0. The van der Waals surface area contributed by atoms with E-state index in [1.807, 2.05) is 30.3 Å². The third-order valence-corrected chi connectivity index (χ3v) is 3.27. The second-order valence-electron chi connectivity index (χ2n) is 4.83. The molecule has 2 aromatic rings. The largest absolute Gasteiger partial charge is 0.390 e. The number of azide groups is 1. The standard InChI is InChI=1S/C16H17N3O2/c17-19-18-11-15(20)16(21)14-8-6-13(7-9-14)10-12-4-2-1-3-5-12/h1-9,15-16,20-21H,10-11H2. The van der Waals surface area contributed by atoms with Crippen LogP contribution in [0.2, 0.25) is 0 Å². The summed E-state index contributed by atoms with van der Waals surface area (Å²) in [5, 5.41) is 22.9. The summed E-state index contributed by atoms with van der Waals surface area (Å²) in [6, 6.07) is 17.5. The molecule has 0 spiro atoms. The molecule has 2 unspecified atom stereocenters. The maximum absolute atomic E-state index is 9.96. The molecular weight excluding hydrogens is 266 g/mol. The topological polar surface area (TPSA) is 89.2 Å². The number of hydrogen-bond acceptors (Lipinski definition) is 3. The van der Waals surface area contributed by atoms with E-state index in [-0.39, 0.29) is 6.54 Å². The predicted molar refractivity (Wildman–Crippen MR) is 80.7 cm³/mol. The zero-order chi connectivity index (χ0) is 15.1. The van der Waals surface area contributed by atoms with Gasteiger partial charge < -0.3 is 10.2 Å². The number of aliphatic hydroxyl groups excluding tert-OH is 2. The molecule has 0 aliphatic heterocycles. The van der Waals surface area contributed by atoms with Crippen molar-refractivity contribution in [3.05, 3.63) is 81.7 Å². The van der Waals surface area contributed by atoms with Gasteiger partial charge in [-0.1, -0.05) is 59.7 Å². The molecule has 21 heavy (non-hydrogen) atoms. The Morgan fingerprint density at radius 3 is 2.19 bits per heavy atom. The summed E-state index contributed by atoms with van der Waals surface area (Å²) in [5.74, 6) is 0. The number of benzene rings is 2. The first-order chi connectivity index (χ1) is 10.2. The summed E-state index contributed by atoms with van der Waals surface area (Å²) in [4.78, 5) is 2.57. The first kappa shape index (κ1) is 15.1. The summed E-state index contributed by atoms with van der Waals surface area (Å²) in [6.07, 6.45) is -1.33. The average Bonchev–Trinajstić information content (AvgIpc) is 2.53. The van der Waals surface area contributed by atoms with Crippen molar-refractivity contribution in [2.45, 2.75) is 18.6 Å². The molecular formula is C16H17N3O2. The Hall–Kier alpha value is -2.33. The van der Waals surface area contributed by atoms with E-state index >= 15 is 0 Å². The van der Waals surface area contributed by atoms with Crippen LogP contribution in [0.3, 0.4) is 0 Å². The van der Waals surface area contributed by atoms with E-state index in [9.17, 15) is 10.2 Å². The van der Waals surface area contributed by atoms with Crippen LogP contribution >= 0.6 is 0 Å². The minimum absolute atomic E-state index is 0.149. The molecule has 0 radical (unpaired) electrons. The third-order valence-electron chi connectivity index (χ3n) is 3.27. The molecule has 0 aliphatic carbocycles. The molecule has 5 nitrogen and oxygen atoms in total. The summed E-state index contributed by atoms with van der Waals surface area (Å²) in [6.45, 7) is -0.149. The normalized spacial score (nSPS) is 13.2. The molecule has 5 heteroatoms. The average molecular weight is 283 g/mol. The Labute approximate surface area is 123 Å². The smallest absolute Gasteiger partial charge is 0.105 e. The number of aliphatic hydroxyl groups is 2. The van der Waals surface area contributed by atoms with Crippen LogP contribution in [0.25, 0.3) is 10.4 Å². The molecule has 2 aromatic carbocycles. The molecule has 2 atom stereocenters. The highest BCUT2D eigenvalue weighted by atomic mass is 16.3. The fourth-order valence-corrected chi connectivity index (χ4v) is 2.11. The van der Waals surface area contributed by atoms with Crippen molar-refractivity contribution in [2.75, 3.05) is 6.54 Å². The zero-order valence-electron chi connectivity index (χ0n) is 11.5. The van der Waals surface area contributed by atoms with E-state index in [1.165, 1.54) is 5.56 Å². The van der Waals surface area contributed by atoms with E-state index in [0.29, 0.717) is 5.56 Å². The maximum atomic E-state index is 9.96. The lowest BCUT2D eigenvalue weighted by Gasteiger charge is -2.16. The fraction of sp³-hybridized carbons (Fsp3) is 0.250. The highest BCUT2D eigenvalue weighted by Crippen LogP contribution is 2.19. The van der Waals surface area contributed by atoms with Gasteiger partial charge in [0.2, 0.25) is 0 Å². The predicted octanol–water partition coefficient (Wildman–Crippen LogP) is 2.98. The van der Waals surface area contributed by atoms with Crippen LogP contribution < -0.4 is 0 Å². The van der Waals surface area contributed by atoms with Crippen molar-refractivity contribution < 1.29 is 10.2 Å². The minimum atomic E-state index is -1.10. The highest BCUT2D eigenvalue weighted by molar-refractivity contribution is 5.29. The molecule has 108 valence electrons. The first-order valence-electron chi connectivity index (χ1n) is 6.70. The van der Waals surface area contributed by atoms with Crippen molar-refractivity contribution >= 4 is 0 Å². The van der Waals surface area contributed by atoms with Crippen LogP contribution in [0.15, 0.2) is 59.7 Å². The van der Waals surface area contributed by atoms with E-state index in [2.05, 4.69) is 22.2 Å². The minimum Gasteiger partial charge on any atom is -0.390 e. The quantitative estimate of drug-likeness (QED) is 0.485. The molecule has 2 rings (SSSR count). The molecule has 0 bridgehead atoms. The van der Waals surface area contributed by atoms with Gasteiger partial charge in [0.05, 0.1) is 12.6 Å². The second kappa shape index (κ2) is 7.45. The van der Waals surface area contributed by atoms with Gasteiger partial charge in [-0.15, -0.1) is 0 Å². The van der Waals surface area contributed by atoms with Crippen molar-refractivity contribution in [1.29, 1.82) is 0 Å². The SMILES string of the molecule is [N-]=[N+]=NCC(O)C(O)c1ccc(Cc2ccccc2)cc1. The molecule has 0 aliphatic rings. The lowest BCUT2D eigenvalue weighted by atomic mass is 10.00. The molecule has 0 aromatic heterocycles. The molecule has 0 amide bonds. The third kappa shape index (κ3) is 4.33. The Morgan fingerprint density at radius 1 is 0.952 bits per heavy atom. The highest BCUT2D eigenvalue weighted by Gasteiger charge is 2.17. The van der Waals surface area contributed by atoms with Crippen molar-refractivity contribution in [3.8, 4) is 0 Å². The lowest BCUT2D eigenvalue weighted by molar-refractivity contribution is 0.0244. The lowest BCUT2D eigenvalue weighted by Crippen LogP contribution is -2.21. The van der Waals surface area contributed by atoms with Gasteiger partial charge in [0, 0.05) is 4.91 Å². The zero-order valence-corrected chi connectivity index (χ0v) is 11.5. The molecule has 0 fully saturated rings. The van der Waals surface area contributed by atoms with E-state index < -0.39 is 12.2 Å². The molecule has 0 saturated heterocycles. The number of nitrogens with zero attached hydrogens (tertiary/aromatic N) is 3. The fourth-order valence-electron chi connectivity index (χ4n) is 2.11. The monoisotopic (exact) mass is 283 g/mol. The summed E-state index contributed by atoms with van der Waals surface area (Å²) in [7, 11) is 0. The van der Waals surface area contributed by atoms with Gasteiger partial charge in [0.1, 0.15) is 6.10 Å².